The highest BCUT2D eigenvalue weighted by atomic mass is 16.5. The van der Waals surface area contributed by atoms with Crippen molar-refractivity contribution in [3.63, 3.8) is 0 Å². The smallest absolute Gasteiger partial charge is 0.251 e. The van der Waals surface area contributed by atoms with Crippen LogP contribution in [0.2, 0.25) is 0 Å². The van der Waals surface area contributed by atoms with Crippen LogP contribution >= 0.6 is 0 Å². The molecular formula is C15H22N4O2. The summed E-state index contributed by atoms with van der Waals surface area (Å²) in [6.45, 7) is 5.94. The molecule has 0 spiro atoms. The summed E-state index contributed by atoms with van der Waals surface area (Å²) in [6, 6.07) is 0. The Bertz CT molecular complexity index is 502. The molecule has 0 saturated carbocycles. The van der Waals surface area contributed by atoms with E-state index in [2.05, 4.69) is 14.9 Å². The molecule has 2 aliphatic rings. The van der Waals surface area contributed by atoms with Crippen LogP contribution in [0.4, 0.5) is 5.82 Å². The number of hydrogen-bond acceptors (Lipinski definition) is 5. The first-order chi connectivity index (χ1) is 10.3. The van der Waals surface area contributed by atoms with Gasteiger partial charge in [-0.05, 0) is 26.2 Å². The van der Waals surface area contributed by atoms with Gasteiger partial charge >= 0.3 is 0 Å². The fraction of sp³-hybridized carbons (Fsp3) is 0.667. The quantitative estimate of drug-likeness (QED) is 0.813. The van der Waals surface area contributed by atoms with Crippen LogP contribution < -0.4 is 4.90 Å². The van der Waals surface area contributed by atoms with Gasteiger partial charge in [-0.3, -0.25) is 9.78 Å². The van der Waals surface area contributed by atoms with Crippen molar-refractivity contribution < 1.29 is 9.53 Å². The average Bonchev–Trinajstić information content (AvgIpc) is 2.92. The molecule has 3 heterocycles. The molecule has 114 valence electrons. The Balaban J connectivity index is 1.64. The summed E-state index contributed by atoms with van der Waals surface area (Å²) in [6.07, 6.45) is 6.04. The molecule has 0 bridgehead atoms. The summed E-state index contributed by atoms with van der Waals surface area (Å²) < 4.78 is 5.51. The van der Waals surface area contributed by atoms with E-state index in [1.807, 2.05) is 11.8 Å². The van der Waals surface area contributed by atoms with Crippen LogP contribution in [0.1, 0.15) is 25.0 Å². The van der Waals surface area contributed by atoms with E-state index in [0.29, 0.717) is 0 Å². The van der Waals surface area contributed by atoms with E-state index in [9.17, 15) is 4.79 Å². The number of nitrogens with zero attached hydrogens (tertiary/aromatic N) is 4. The van der Waals surface area contributed by atoms with Crippen LogP contribution in [0.5, 0.6) is 0 Å². The number of hydrogen-bond donors (Lipinski definition) is 0. The Hall–Kier alpha value is -1.69. The lowest BCUT2D eigenvalue weighted by atomic mass is 10.2. The Morgan fingerprint density at radius 2 is 2.05 bits per heavy atom. The van der Waals surface area contributed by atoms with Crippen LogP contribution in [-0.4, -0.2) is 59.7 Å². The van der Waals surface area contributed by atoms with E-state index in [1.165, 1.54) is 0 Å². The first kappa shape index (κ1) is 14.3. The zero-order valence-electron chi connectivity index (χ0n) is 12.5. The van der Waals surface area contributed by atoms with Crippen molar-refractivity contribution in [1.29, 1.82) is 0 Å². The van der Waals surface area contributed by atoms with Gasteiger partial charge in [0.15, 0.2) is 0 Å². The zero-order valence-corrected chi connectivity index (χ0v) is 12.5. The minimum absolute atomic E-state index is 0.158. The monoisotopic (exact) mass is 290 g/mol. The second-order valence-corrected chi connectivity index (χ2v) is 5.63. The highest BCUT2D eigenvalue weighted by molar-refractivity contribution is 5.81. The Kier molecular flexibility index (Phi) is 4.34. The fourth-order valence-electron chi connectivity index (χ4n) is 3.04. The lowest BCUT2D eigenvalue weighted by Crippen LogP contribution is -2.41. The van der Waals surface area contributed by atoms with Crippen LogP contribution in [0.25, 0.3) is 0 Å². The molecule has 1 unspecified atom stereocenters. The topological polar surface area (TPSA) is 58.6 Å². The van der Waals surface area contributed by atoms with Gasteiger partial charge in [0, 0.05) is 45.2 Å². The zero-order chi connectivity index (χ0) is 14.7. The van der Waals surface area contributed by atoms with E-state index < -0.39 is 0 Å². The standard InChI is InChI=1S/C15H22N4O2/c1-12-14(17-6-5-16-12)18-7-3-8-19(10-9-18)15(20)13-4-2-11-21-13/h5-6,13H,2-4,7-11H2,1H3. The van der Waals surface area contributed by atoms with Crippen molar-refractivity contribution in [2.45, 2.75) is 32.3 Å². The van der Waals surface area contributed by atoms with Crippen LogP contribution in [0.3, 0.4) is 0 Å². The van der Waals surface area contributed by atoms with Crippen molar-refractivity contribution >= 4 is 11.7 Å². The third-order valence-corrected chi connectivity index (χ3v) is 4.17. The average molecular weight is 290 g/mol. The third kappa shape index (κ3) is 3.15. The van der Waals surface area contributed by atoms with E-state index in [1.54, 1.807) is 12.4 Å². The molecule has 1 aromatic heterocycles. The van der Waals surface area contributed by atoms with Gasteiger partial charge in [-0.1, -0.05) is 0 Å². The molecule has 0 N–H and O–H groups in total. The summed E-state index contributed by atoms with van der Waals surface area (Å²) in [4.78, 5) is 25.3. The van der Waals surface area contributed by atoms with Gasteiger partial charge in [-0.25, -0.2) is 4.98 Å². The summed E-state index contributed by atoms with van der Waals surface area (Å²) in [7, 11) is 0. The minimum Gasteiger partial charge on any atom is -0.368 e. The summed E-state index contributed by atoms with van der Waals surface area (Å²) in [5, 5.41) is 0. The normalized spacial score (nSPS) is 23.2. The van der Waals surface area contributed by atoms with E-state index in [-0.39, 0.29) is 12.0 Å². The molecule has 1 amide bonds. The molecule has 3 rings (SSSR count). The highest BCUT2D eigenvalue weighted by Crippen LogP contribution is 2.19. The largest absolute Gasteiger partial charge is 0.368 e. The van der Waals surface area contributed by atoms with Gasteiger partial charge in [0.25, 0.3) is 5.91 Å². The van der Waals surface area contributed by atoms with Crippen LogP contribution in [-0.2, 0) is 9.53 Å². The molecule has 0 radical (unpaired) electrons. The number of carbonyl (C=O) groups excluding carboxylic acids is 1. The van der Waals surface area contributed by atoms with Crippen LogP contribution in [0, 0.1) is 6.92 Å². The molecule has 6 heteroatoms. The first-order valence-electron chi connectivity index (χ1n) is 7.68. The maximum absolute atomic E-state index is 12.4. The molecule has 2 fully saturated rings. The van der Waals surface area contributed by atoms with Crippen LogP contribution in [0.15, 0.2) is 12.4 Å². The lowest BCUT2D eigenvalue weighted by molar-refractivity contribution is -0.140. The maximum atomic E-state index is 12.4. The Morgan fingerprint density at radius 3 is 2.81 bits per heavy atom. The highest BCUT2D eigenvalue weighted by Gasteiger charge is 2.29. The Labute approximate surface area is 125 Å². The van der Waals surface area contributed by atoms with Gasteiger partial charge < -0.3 is 14.5 Å². The number of rotatable bonds is 2. The molecule has 1 aromatic rings. The summed E-state index contributed by atoms with van der Waals surface area (Å²) in [5.41, 5.74) is 0.941. The van der Waals surface area contributed by atoms with Gasteiger partial charge in [-0.15, -0.1) is 0 Å². The van der Waals surface area contributed by atoms with E-state index in [0.717, 1.165) is 63.6 Å². The molecule has 1 atom stereocenters. The molecule has 21 heavy (non-hydrogen) atoms. The van der Waals surface area contributed by atoms with Crippen molar-refractivity contribution in [2.24, 2.45) is 0 Å². The molecular weight excluding hydrogens is 268 g/mol. The minimum atomic E-state index is -0.213. The first-order valence-corrected chi connectivity index (χ1v) is 7.68. The lowest BCUT2D eigenvalue weighted by Gasteiger charge is -2.25. The second-order valence-electron chi connectivity index (χ2n) is 5.63. The van der Waals surface area contributed by atoms with Gasteiger partial charge in [0.2, 0.25) is 0 Å². The number of ether oxygens (including phenoxy) is 1. The third-order valence-electron chi connectivity index (χ3n) is 4.17. The predicted molar refractivity (Wildman–Crippen MR) is 79.2 cm³/mol. The SMILES string of the molecule is Cc1nccnc1N1CCCN(C(=O)C2CCCO2)CC1. The molecule has 6 nitrogen and oxygen atoms in total. The molecule has 2 saturated heterocycles. The Morgan fingerprint density at radius 1 is 1.19 bits per heavy atom. The molecule has 2 aliphatic heterocycles. The maximum Gasteiger partial charge on any atom is 0.251 e. The number of carbonyl (C=O) groups is 1. The number of aryl methyl sites for hydroxylation is 1. The van der Waals surface area contributed by atoms with Gasteiger partial charge in [0.05, 0.1) is 5.69 Å². The molecule has 0 aromatic carbocycles. The molecule has 0 aliphatic carbocycles. The van der Waals surface area contributed by atoms with Gasteiger partial charge in [-0.2, -0.15) is 0 Å². The summed E-state index contributed by atoms with van der Waals surface area (Å²) in [5.74, 6) is 1.09. The summed E-state index contributed by atoms with van der Waals surface area (Å²) >= 11 is 0. The number of amides is 1. The number of aromatic nitrogens is 2. The fourth-order valence-corrected chi connectivity index (χ4v) is 3.04. The van der Waals surface area contributed by atoms with Gasteiger partial charge in [0.1, 0.15) is 11.9 Å². The van der Waals surface area contributed by atoms with Crippen molar-refractivity contribution in [2.75, 3.05) is 37.7 Å². The second kappa shape index (κ2) is 6.39. The van der Waals surface area contributed by atoms with Crippen molar-refractivity contribution in [3.8, 4) is 0 Å². The van der Waals surface area contributed by atoms with E-state index >= 15 is 0 Å². The number of anilines is 1. The van der Waals surface area contributed by atoms with E-state index in [4.69, 9.17) is 4.74 Å². The van der Waals surface area contributed by atoms with Crippen molar-refractivity contribution in [3.05, 3.63) is 18.1 Å². The van der Waals surface area contributed by atoms with Crippen molar-refractivity contribution in [1.82, 2.24) is 14.9 Å². The predicted octanol–water partition coefficient (Wildman–Crippen LogP) is 1.00.